The molecule has 1 N–H and O–H groups in total. The van der Waals surface area contributed by atoms with Gasteiger partial charge in [0.1, 0.15) is 24.7 Å². The summed E-state index contributed by atoms with van der Waals surface area (Å²) in [5.41, 5.74) is 2.26. The van der Waals surface area contributed by atoms with Crippen molar-refractivity contribution in [2.45, 2.75) is 52.2 Å². The number of hydrogen-bond acceptors (Lipinski definition) is 5. The van der Waals surface area contributed by atoms with Gasteiger partial charge in [-0.15, -0.1) is 5.10 Å². The molecule has 0 radical (unpaired) electrons. The van der Waals surface area contributed by atoms with Crippen LogP contribution in [0.2, 0.25) is 0 Å². The van der Waals surface area contributed by atoms with Crippen molar-refractivity contribution >= 4 is 5.97 Å². The van der Waals surface area contributed by atoms with Crippen molar-refractivity contribution in [3.8, 4) is 23.1 Å². The Bertz CT molecular complexity index is 1420. The molecule has 4 rings (SSSR count). The maximum Gasteiger partial charge on any atom is 0.416 e. The maximum absolute atomic E-state index is 12.8. The lowest BCUT2D eigenvalue weighted by atomic mass is 10.1. The summed E-state index contributed by atoms with van der Waals surface area (Å²) in [6.45, 7) is 4.05. The van der Waals surface area contributed by atoms with E-state index < -0.39 is 17.7 Å². The predicted octanol–water partition coefficient (Wildman–Crippen LogP) is 6.85. The van der Waals surface area contributed by atoms with Crippen LogP contribution in [-0.2, 0) is 30.6 Å². The number of aliphatic carboxylic acids is 1. The van der Waals surface area contributed by atoms with E-state index in [9.17, 15) is 18.0 Å². The number of carboxylic acid groups (broad SMARTS) is 1. The monoisotopic (exact) mass is 554 g/mol. The number of hydrogen-bond donors (Lipinski definition) is 1. The van der Waals surface area contributed by atoms with Crippen molar-refractivity contribution < 1.29 is 37.3 Å². The number of ether oxygens (including phenoxy) is 3. The van der Waals surface area contributed by atoms with Crippen LogP contribution < -0.4 is 14.2 Å². The summed E-state index contributed by atoms with van der Waals surface area (Å²) < 4.78 is 57.8. The van der Waals surface area contributed by atoms with Gasteiger partial charge in [0.2, 0.25) is 5.88 Å². The van der Waals surface area contributed by atoms with E-state index in [2.05, 4.69) is 5.10 Å². The molecule has 0 aliphatic heterocycles. The van der Waals surface area contributed by atoms with Gasteiger partial charge in [0.05, 0.1) is 23.8 Å². The van der Waals surface area contributed by atoms with E-state index in [0.717, 1.165) is 28.9 Å². The average molecular weight is 555 g/mol. The van der Waals surface area contributed by atoms with Crippen LogP contribution in [0.3, 0.4) is 0 Å². The highest BCUT2D eigenvalue weighted by Crippen LogP contribution is 2.30. The highest BCUT2D eigenvalue weighted by Gasteiger charge is 2.30. The van der Waals surface area contributed by atoms with Crippen LogP contribution in [0.5, 0.6) is 17.4 Å². The summed E-state index contributed by atoms with van der Waals surface area (Å²) in [6.07, 6.45) is -4.26. The molecule has 0 spiro atoms. The Balaban J connectivity index is 1.50. The number of carboxylic acids is 1. The predicted molar refractivity (Wildman–Crippen MR) is 142 cm³/mol. The molecule has 0 saturated carbocycles. The molecule has 0 unspecified atom stereocenters. The normalized spacial score (nSPS) is 11.4. The second-order valence-electron chi connectivity index (χ2n) is 9.37. The van der Waals surface area contributed by atoms with E-state index in [1.807, 2.05) is 62.4 Å². The highest BCUT2D eigenvalue weighted by atomic mass is 19.4. The third-order valence-electron chi connectivity index (χ3n) is 5.73. The van der Waals surface area contributed by atoms with Gasteiger partial charge in [-0.2, -0.15) is 13.2 Å². The number of aryl methyl sites for hydroxylation is 1. The smallest absolute Gasteiger partial charge is 0.416 e. The standard InChI is InChI=1S/C30H29F3N2O5/c1-20(2)40-27-15-21(18-38-26-11-8-23(9-12-26)30(31,32)33)14-22(16-27)19-39-28-17-25(10-13-29(36)37)35(34-28)24-6-4-3-5-7-24/h3-9,11-12,14-17,20H,10,13,18-19H2,1-2H3,(H,36,37). The molecule has 0 amide bonds. The van der Waals surface area contributed by atoms with E-state index in [1.54, 1.807) is 10.7 Å². The number of carbonyl (C=O) groups is 1. The van der Waals surface area contributed by atoms with Crippen molar-refractivity contribution in [3.05, 3.63) is 101 Å². The number of nitrogens with zero attached hydrogens (tertiary/aromatic N) is 2. The topological polar surface area (TPSA) is 82.8 Å². The van der Waals surface area contributed by atoms with Crippen molar-refractivity contribution in [1.82, 2.24) is 9.78 Å². The zero-order chi connectivity index (χ0) is 28.7. The third-order valence-corrected chi connectivity index (χ3v) is 5.73. The lowest BCUT2D eigenvalue weighted by Crippen LogP contribution is -2.08. The van der Waals surface area contributed by atoms with Gasteiger partial charge >= 0.3 is 12.1 Å². The number of rotatable bonds is 12. The molecule has 0 atom stereocenters. The number of benzene rings is 3. The fraction of sp³-hybridized carbons (Fsp3) is 0.267. The molecule has 10 heteroatoms. The minimum Gasteiger partial charge on any atom is -0.491 e. The molecule has 0 aliphatic rings. The Hall–Kier alpha value is -4.47. The summed E-state index contributed by atoms with van der Waals surface area (Å²) in [5, 5.41) is 13.7. The number of para-hydroxylation sites is 1. The highest BCUT2D eigenvalue weighted by molar-refractivity contribution is 5.67. The zero-order valence-corrected chi connectivity index (χ0v) is 22.0. The zero-order valence-electron chi connectivity index (χ0n) is 22.0. The summed E-state index contributed by atoms with van der Waals surface area (Å²) in [4.78, 5) is 11.1. The van der Waals surface area contributed by atoms with Crippen LogP contribution in [0, 0.1) is 0 Å². The van der Waals surface area contributed by atoms with Gasteiger partial charge in [0.15, 0.2) is 0 Å². The first kappa shape index (κ1) is 28.5. The van der Waals surface area contributed by atoms with Crippen LogP contribution in [0.4, 0.5) is 13.2 Å². The molecule has 40 heavy (non-hydrogen) atoms. The molecule has 4 aromatic rings. The van der Waals surface area contributed by atoms with Gasteiger partial charge in [0, 0.05) is 18.2 Å². The SMILES string of the molecule is CC(C)Oc1cc(COc2ccc(C(F)(F)F)cc2)cc(COc2cc(CCC(=O)O)n(-c3ccccc3)n2)c1. The lowest BCUT2D eigenvalue weighted by molar-refractivity contribution is -0.138. The number of alkyl halides is 3. The lowest BCUT2D eigenvalue weighted by Gasteiger charge is -2.14. The van der Waals surface area contributed by atoms with Crippen LogP contribution in [0.15, 0.2) is 78.9 Å². The van der Waals surface area contributed by atoms with Crippen molar-refractivity contribution in [3.63, 3.8) is 0 Å². The first-order valence-electron chi connectivity index (χ1n) is 12.7. The van der Waals surface area contributed by atoms with E-state index in [0.29, 0.717) is 23.1 Å². The third kappa shape index (κ3) is 8.02. The molecular formula is C30H29F3N2O5. The molecule has 3 aromatic carbocycles. The van der Waals surface area contributed by atoms with Crippen LogP contribution in [0.1, 0.15) is 42.7 Å². The van der Waals surface area contributed by atoms with Crippen LogP contribution >= 0.6 is 0 Å². The molecule has 0 aliphatic carbocycles. The minimum absolute atomic E-state index is 0.0468. The van der Waals surface area contributed by atoms with E-state index in [-0.39, 0.29) is 32.2 Å². The minimum atomic E-state index is -4.41. The molecule has 210 valence electrons. The fourth-order valence-electron chi connectivity index (χ4n) is 3.97. The Labute approximate surface area is 229 Å². The largest absolute Gasteiger partial charge is 0.491 e. The molecule has 0 bridgehead atoms. The molecular weight excluding hydrogens is 525 g/mol. The molecule has 0 fully saturated rings. The van der Waals surface area contributed by atoms with Gasteiger partial charge < -0.3 is 19.3 Å². The quantitative estimate of drug-likeness (QED) is 0.206. The van der Waals surface area contributed by atoms with Gasteiger partial charge in [-0.1, -0.05) is 18.2 Å². The van der Waals surface area contributed by atoms with E-state index >= 15 is 0 Å². The number of aromatic nitrogens is 2. The van der Waals surface area contributed by atoms with Crippen LogP contribution in [0.25, 0.3) is 5.69 Å². The molecule has 1 aromatic heterocycles. The summed E-state index contributed by atoms with van der Waals surface area (Å²) in [6, 6.07) is 21.1. The second-order valence-corrected chi connectivity index (χ2v) is 9.37. The van der Waals surface area contributed by atoms with Gasteiger partial charge in [-0.25, -0.2) is 4.68 Å². The van der Waals surface area contributed by atoms with Crippen molar-refractivity contribution in [2.75, 3.05) is 0 Å². The Kier molecular flexibility index (Phi) is 8.98. The van der Waals surface area contributed by atoms with Crippen molar-refractivity contribution in [2.24, 2.45) is 0 Å². The van der Waals surface area contributed by atoms with Gasteiger partial charge in [-0.05, 0) is 79.6 Å². The molecule has 1 heterocycles. The summed E-state index contributed by atoms with van der Waals surface area (Å²) in [7, 11) is 0. The van der Waals surface area contributed by atoms with E-state index in [1.165, 1.54) is 12.1 Å². The second kappa shape index (κ2) is 12.6. The summed E-state index contributed by atoms with van der Waals surface area (Å²) >= 11 is 0. The van der Waals surface area contributed by atoms with Crippen molar-refractivity contribution in [1.29, 1.82) is 0 Å². The van der Waals surface area contributed by atoms with Gasteiger partial charge in [0.25, 0.3) is 0 Å². The number of halogens is 3. The first-order chi connectivity index (χ1) is 19.1. The van der Waals surface area contributed by atoms with Crippen LogP contribution in [-0.4, -0.2) is 27.0 Å². The van der Waals surface area contributed by atoms with E-state index in [4.69, 9.17) is 19.3 Å². The van der Waals surface area contributed by atoms with Gasteiger partial charge in [-0.3, -0.25) is 4.79 Å². The maximum atomic E-state index is 12.8. The fourth-order valence-corrected chi connectivity index (χ4v) is 3.97. The Morgan fingerprint density at radius 3 is 2.15 bits per heavy atom. The molecule has 7 nitrogen and oxygen atoms in total. The Morgan fingerprint density at radius 1 is 0.900 bits per heavy atom. The summed E-state index contributed by atoms with van der Waals surface area (Å²) in [5.74, 6) is 0.332. The Morgan fingerprint density at radius 2 is 1.55 bits per heavy atom. The molecule has 0 saturated heterocycles. The average Bonchev–Trinajstić information content (AvgIpc) is 3.32. The first-order valence-corrected chi connectivity index (χ1v) is 12.7.